The molecule has 8 rings (SSSR count). The number of anilines is 1. The number of para-hydroxylation sites is 1. The van der Waals surface area contributed by atoms with Crippen molar-refractivity contribution in [2.75, 3.05) is 19.0 Å². The Balaban J connectivity index is 0.872. The van der Waals surface area contributed by atoms with Gasteiger partial charge in [0.15, 0.2) is 0 Å². The van der Waals surface area contributed by atoms with Crippen LogP contribution >= 0.6 is 0 Å². The summed E-state index contributed by atoms with van der Waals surface area (Å²) < 4.78 is 4.78. The van der Waals surface area contributed by atoms with E-state index in [4.69, 9.17) is 14.7 Å². The number of carbonyl (C=O) groups is 3. The number of carbonyl (C=O) groups excluding carboxylic acids is 3. The second kappa shape index (κ2) is 15.2. The fourth-order valence-electron chi connectivity index (χ4n) is 9.56. The summed E-state index contributed by atoms with van der Waals surface area (Å²) in [7, 11) is 1.31. The highest BCUT2D eigenvalue weighted by Gasteiger charge is 2.53. The molecule has 2 N–H and O–H groups in total. The van der Waals surface area contributed by atoms with Crippen LogP contribution in [0.25, 0.3) is 22.3 Å². The third kappa shape index (κ3) is 7.04. The van der Waals surface area contributed by atoms with Crippen molar-refractivity contribution in [3.05, 3.63) is 102 Å². The van der Waals surface area contributed by atoms with Crippen molar-refractivity contribution in [1.82, 2.24) is 10.2 Å². The zero-order valence-electron chi connectivity index (χ0n) is 31.3. The lowest BCUT2D eigenvalue weighted by atomic mass is 9.75. The molecule has 6 atom stereocenters. The van der Waals surface area contributed by atoms with Gasteiger partial charge < -0.3 is 20.3 Å². The summed E-state index contributed by atoms with van der Waals surface area (Å²) in [5, 5.41) is 5.92. The number of fused-ring (bicyclic) bond motifs is 2. The fourth-order valence-corrected chi connectivity index (χ4v) is 9.56. The van der Waals surface area contributed by atoms with Crippen molar-refractivity contribution >= 4 is 46.2 Å². The summed E-state index contributed by atoms with van der Waals surface area (Å²) in [6.07, 6.45) is 10.1. The van der Waals surface area contributed by atoms with Crippen LogP contribution in [0, 0.1) is 29.6 Å². The van der Waals surface area contributed by atoms with E-state index in [1.54, 1.807) is 0 Å². The Morgan fingerprint density at radius 1 is 0.759 bits per heavy atom. The predicted octanol–water partition coefficient (Wildman–Crippen LogP) is 8.40. The van der Waals surface area contributed by atoms with E-state index in [9.17, 15) is 14.4 Å². The minimum Gasteiger partial charge on any atom is -0.453 e. The average molecular weight is 724 g/mol. The van der Waals surface area contributed by atoms with Gasteiger partial charge in [-0.25, -0.2) is 4.79 Å². The van der Waals surface area contributed by atoms with Gasteiger partial charge in [-0.1, -0.05) is 80.6 Å². The number of hydrogen-bond acceptors (Lipinski definition) is 6. The fraction of sp³-hybridized carbons (Fsp3) is 0.400. The molecule has 3 fully saturated rings. The third-order valence-electron chi connectivity index (χ3n) is 12.3. The van der Waals surface area contributed by atoms with Crippen LogP contribution in [0.2, 0.25) is 0 Å². The number of likely N-dealkylation sites (tertiary alicyclic amines) is 1. The van der Waals surface area contributed by atoms with Crippen molar-refractivity contribution in [2.24, 2.45) is 39.6 Å². The summed E-state index contributed by atoms with van der Waals surface area (Å²) >= 11 is 0. The number of aliphatic imine (C=N–C) groups is 2. The van der Waals surface area contributed by atoms with Crippen LogP contribution in [0.4, 0.5) is 10.5 Å². The predicted molar refractivity (Wildman–Crippen MR) is 214 cm³/mol. The number of nitrogens with zero attached hydrogens (tertiary/aromatic N) is 3. The standard InChI is InChI=1S/C45H49N5O4/c1-27(2)42(49-45(53)54-3)44(52)50-21-7-10-39(50)37-23-34(25-46-37)30-15-11-28(12-16-30)29-13-17-31(18-14-29)35-24-38(47-26-35)40-32-19-20-33(22-32)41(40)43(51)48-36-8-5-4-6-9-36/h4-6,8-9,11-18,25-27,32-33,39-42H,7,10,19-24H2,1-3H3,(H,48,51)(H,49,53)/t32?,33?,39-,40?,41+,42-/m0/s1. The molecule has 3 amide bonds. The van der Waals surface area contributed by atoms with Crippen LogP contribution < -0.4 is 10.6 Å². The Kier molecular flexibility index (Phi) is 10.1. The molecule has 0 spiro atoms. The molecule has 3 aromatic rings. The van der Waals surface area contributed by atoms with Gasteiger partial charge >= 0.3 is 6.09 Å². The van der Waals surface area contributed by atoms with Gasteiger partial charge in [0.2, 0.25) is 11.8 Å². The number of rotatable bonds is 10. The van der Waals surface area contributed by atoms with Crippen LogP contribution in [0.3, 0.4) is 0 Å². The number of nitrogens with one attached hydrogen (secondary N) is 2. The van der Waals surface area contributed by atoms with Crippen molar-refractivity contribution in [2.45, 2.75) is 70.9 Å². The van der Waals surface area contributed by atoms with E-state index >= 15 is 0 Å². The number of allylic oxidation sites excluding steroid dienone is 2. The molecule has 54 heavy (non-hydrogen) atoms. The van der Waals surface area contributed by atoms with Crippen LogP contribution in [-0.2, 0) is 14.3 Å². The second-order valence-electron chi connectivity index (χ2n) is 15.8. The molecule has 3 unspecified atom stereocenters. The SMILES string of the molecule is COC(=O)N[C@H](C(=O)N1CCC[C@H]1C1=NC=C(c2ccc(-c3ccc(C4=CN=C(C5C6CCC(C6)[C@H]5C(=O)Nc5ccccc5)C4)cc3)cc2)C1)C(C)C. The van der Waals surface area contributed by atoms with E-state index in [1.807, 2.05) is 61.5 Å². The first-order valence-corrected chi connectivity index (χ1v) is 19.5. The lowest BCUT2D eigenvalue weighted by molar-refractivity contribution is -0.134. The van der Waals surface area contributed by atoms with Crippen molar-refractivity contribution in [1.29, 1.82) is 0 Å². The lowest BCUT2D eigenvalue weighted by Crippen LogP contribution is -2.53. The molecular formula is C45H49N5O4. The van der Waals surface area contributed by atoms with Gasteiger partial charge in [0.25, 0.3) is 0 Å². The molecule has 2 aliphatic carbocycles. The van der Waals surface area contributed by atoms with Gasteiger partial charge in [-0.3, -0.25) is 19.6 Å². The zero-order chi connectivity index (χ0) is 37.3. The number of ether oxygens (including phenoxy) is 1. The maximum absolute atomic E-state index is 13.6. The Hall–Kier alpha value is -5.31. The molecule has 5 aliphatic rings. The Bertz CT molecular complexity index is 2030. The molecule has 9 heteroatoms. The number of alkyl carbamates (subject to hydrolysis) is 1. The number of hydrogen-bond donors (Lipinski definition) is 2. The molecule has 3 aromatic carbocycles. The van der Waals surface area contributed by atoms with E-state index in [0.717, 1.165) is 65.8 Å². The van der Waals surface area contributed by atoms with Crippen molar-refractivity contribution < 1.29 is 19.1 Å². The highest BCUT2D eigenvalue weighted by molar-refractivity contribution is 6.05. The number of amides is 3. The molecular weight excluding hydrogens is 675 g/mol. The molecule has 1 saturated heterocycles. The molecule has 9 nitrogen and oxygen atoms in total. The molecule has 2 bridgehead atoms. The van der Waals surface area contributed by atoms with Gasteiger partial charge in [0.1, 0.15) is 6.04 Å². The first-order chi connectivity index (χ1) is 26.3. The van der Waals surface area contributed by atoms with Crippen LogP contribution in [0.5, 0.6) is 0 Å². The number of methoxy groups -OCH3 is 1. The zero-order valence-corrected chi connectivity index (χ0v) is 31.3. The maximum atomic E-state index is 13.6. The van der Waals surface area contributed by atoms with Crippen LogP contribution in [0.15, 0.2) is 101 Å². The van der Waals surface area contributed by atoms with Gasteiger partial charge in [-0.2, -0.15) is 0 Å². The molecule has 278 valence electrons. The Labute approximate surface area is 317 Å². The van der Waals surface area contributed by atoms with E-state index in [0.29, 0.717) is 24.8 Å². The number of benzene rings is 3. The topological polar surface area (TPSA) is 112 Å². The van der Waals surface area contributed by atoms with Crippen LogP contribution in [-0.4, -0.2) is 60.0 Å². The summed E-state index contributed by atoms with van der Waals surface area (Å²) in [6.45, 7) is 4.51. The highest BCUT2D eigenvalue weighted by atomic mass is 16.5. The normalized spacial score (nSPS) is 24.9. The van der Waals surface area contributed by atoms with Gasteiger partial charge in [0.05, 0.1) is 13.2 Å². The minimum atomic E-state index is -0.644. The monoisotopic (exact) mass is 723 g/mol. The summed E-state index contributed by atoms with van der Waals surface area (Å²) in [5.74, 6) is 1.16. The maximum Gasteiger partial charge on any atom is 0.407 e. The molecule has 3 aliphatic heterocycles. The third-order valence-corrected chi connectivity index (χ3v) is 12.3. The Morgan fingerprint density at radius 2 is 1.35 bits per heavy atom. The quantitative estimate of drug-likeness (QED) is 0.219. The summed E-state index contributed by atoms with van der Waals surface area (Å²) in [4.78, 5) is 50.7. The van der Waals surface area contributed by atoms with Crippen molar-refractivity contribution in [3.8, 4) is 11.1 Å². The van der Waals surface area contributed by atoms with E-state index in [2.05, 4.69) is 59.2 Å². The largest absolute Gasteiger partial charge is 0.453 e. The molecule has 0 radical (unpaired) electrons. The summed E-state index contributed by atoms with van der Waals surface area (Å²) in [5.41, 5.74) is 9.95. The van der Waals surface area contributed by atoms with E-state index < -0.39 is 12.1 Å². The first kappa shape index (κ1) is 35.7. The Morgan fingerprint density at radius 3 is 1.98 bits per heavy atom. The summed E-state index contributed by atoms with van der Waals surface area (Å²) in [6, 6.07) is 26.4. The lowest BCUT2D eigenvalue weighted by Gasteiger charge is -2.31. The average Bonchev–Trinajstić information content (AvgIpc) is 4.05. The smallest absolute Gasteiger partial charge is 0.407 e. The van der Waals surface area contributed by atoms with Gasteiger partial charge in [-0.15, -0.1) is 0 Å². The van der Waals surface area contributed by atoms with E-state index in [-0.39, 0.29) is 35.6 Å². The first-order valence-electron chi connectivity index (χ1n) is 19.5. The van der Waals surface area contributed by atoms with Crippen LogP contribution in [0.1, 0.15) is 69.9 Å². The second-order valence-corrected chi connectivity index (χ2v) is 15.8. The minimum absolute atomic E-state index is 0.0140. The van der Waals surface area contributed by atoms with Gasteiger partial charge in [0, 0.05) is 60.7 Å². The molecule has 3 heterocycles. The van der Waals surface area contributed by atoms with Gasteiger partial charge in [-0.05, 0) is 95.4 Å². The molecule has 0 aromatic heterocycles. The highest BCUT2D eigenvalue weighted by Crippen LogP contribution is 2.54. The molecule has 2 saturated carbocycles. The van der Waals surface area contributed by atoms with Crippen molar-refractivity contribution in [3.63, 3.8) is 0 Å². The van der Waals surface area contributed by atoms with E-state index in [1.165, 1.54) is 30.4 Å².